The second-order valence-electron chi connectivity index (χ2n) is 5.53. The van der Waals surface area contributed by atoms with E-state index in [9.17, 15) is 4.79 Å². The molecule has 19 heavy (non-hydrogen) atoms. The van der Waals surface area contributed by atoms with Gasteiger partial charge in [0.1, 0.15) is 6.54 Å². The van der Waals surface area contributed by atoms with Crippen LogP contribution in [0.4, 0.5) is 0 Å². The summed E-state index contributed by atoms with van der Waals surface area (Å²) < 4.78 is 7.16. The SMILES string of the molecule is O=C(c1ccn(Cc2nc(C3CC3)no2)c1)C1CC1. The number of carbonyl (C=O) groups excluding carboxylic acids is 1. The number of hydrogen-bond donors (Lipinski definition) is 0. The molecule has 2 saturated carbocycles. The van der Waals surface area contributed by atoms with E-state index < -0.39 is 0 Å². The highest BCUT2D eigenvalue weighted by molar-refractivity contribution is 5.99. The third-order valence-electron chi connectivity index (χ3n) is 3.73. The molecule has 0 aromatic carbocycles. The lowest BCUT2D eigenvalue weighted by Crippen LogP contribution is -2.01. The summed E-state index contributed by atoms with van der Waals surface area (Å²) in [5, 5.41) is 3.99. The minimum atomic E-state index is 0.265. The molecular formula is C14H15N3O2. The van der Waals surface area contributed by atoms with Gasteiger partial charge in [-0.05, 0) is 31.7 Å². The highest BCUT2D eigenvalue weighted by Gasteiger charge is 2.31. The molecule has 0 spiro atoms. The molecule has 2 fully saturated rings. The van der Waals surface area contributed by atoms with E-state index in [1.165, 1.54) is 12.8 Å². The first-order chi connectivity index (χ1) is 9.29. The largest absolute Gasteiger partial charge is 0.344 e. The van der Waals surface area contributed by atoms with Gasteiger partial charge in [0.05, 0.1) is 0 Å². The Morgan fingerprint density at radius 1 is 1.37 bits per heavy atom. The summed E-state index contributed by atoms with van der Waals surface area (Å²) in [4.78, 5) is 16.3. The van der Waals surface area contributed by atoms with Crippen molar-refractivity contribution in [1.29, 1.82) is 0 Å². The van der Waals surface area contributed by atoms with Gasteiger partial charge >= 0.3 is 0 Å². The van der Waals surface area contributed by atoms with Crippen molar-refractivity contribution in [2.75, 3.05) is 0 Å². The van der Waals surface area contributed by atoms with Gasteiger partial charge in [-0.15, -0.1) is 0 Å². The zero-order valence-corrected chi connectivity index (χ0v) is 10.6. The van der Waals surface area contributed by atoms with E-state index in [2.05, 4.69) is 10.1 Å². The van der Waals surface area contributed by atoms with E-state index in [1.807, 2.05) is 23.0 Å². The molecule has 98 valence electrons. The Kier molecular flexibility index (Phi) is 2.33. The van der Waals surface area contributed by atoms with Crippen LogP contribution in [0, 0.1) is 5.92 Å². The van der Waals surface area contributed by atoms with Gasteiger partial charge < -0.3 is 9.09 Å². The van der Waals surface area contributed by atoms with Crippen LogP contribution >= 0.6 is 0 Å². The summed E-state index contributed by atoms with van der Waals surface area (Å²) in [6.45, 7) is 0.539. The topological polar surface area (TPSA) is 60.9 Å². The van der Waals surface area contributed by atoms with Crippen molar-refractivity contribution in [1.82, 2.24) is 14.7 Å². The summed E-state index contributed by atoms with van der Waals surface area (Å²) in [6.07, 6.45) is 8.19. The van der Waals surface area contributed by atoms with Crippen LogP contribution in [0.5, 0.6) is 0 Å². The predicted octanol–water partition coefficient (Wildman–Crippen LogP) is 2.39. The minimum Gasteiger partial charge on any atom is -0.344 e. The van der Waals surface area contributed by atoms with Gasteiger partial charge in [-0.25, -0.2) is 0 Å². The van der Waals surface area contributed by atoms with Crippen molar-refractivity contribution < 1.29 is 9.32 Å². The molecule has 2 aromatic rings. The lowest BCUT2D eigenvalue weighted by molar-refractivity contribution is 0.0967. The number of Topliss-reactive ketones (excluding diaryl/α,β-unsaturated/α-hetero) is 1. The third kappa shape index (κ3) is 2.20. The molecule has 5 nitrogen and oxygen atoms in total. The van der Waals surface area contributed by atoms with Crippen LogP contribution in [0.25, 0.3) is 0 Å². The third-order valence-corrected chi connectivity index (χ3v) is 3.73. The van der Waals surface area contributed by atoms with Gasteiger partial charge in [-0.2, -0.15) is 4.98 Å². The van der Waals surface area contributed by atoms with Crippen LogP contribution in [0.3, 0.4) is 0 Å². The molecule has 0 bridgehead atoms. The number of carbonyl (C=O) groups is 1. The number of hydrogen-bond acceptors (Lipinski definition) is 4. The van der Waals surface area contributed by atoms with Gasteiger partial charge in [0.2, 0.25) is 5.89 Å². The van der Waals surface area contributed by atoms with E-state index in [1.54, 1.807) is 0 Å². The quantitative estimate of drug-likeness (QED) is 0.772. The Hall–Kier alpha value is -1.91. The van der Waals surface area contributed by atoms with E-state index >= 15 is 0 Å². The highest BCUT2D eigenvalue weighted by atomic mass is 16.5. The average Bonchev–Trinajstić information content (AvgIpc) is 3.34. The Labute approximate surface area is 110 Å². The van der Waals surface area contributed by atoms with Gasteiger partial charge in [-0.1, -0.05) is 5.16 Å². The van der Waals surface area contributed by atoms with Gasteiger partial charge in [0, 0.05) is 29.8 Å². The smallest absolute Gasteiger partial charge is 0.246 e. The number of ketones is 1. The van der Waals surface area contributed by atoms with E-state index in [0.29, 0.717) is 18.4 Å². The lowest BCUT2D eigenvalue weighted by Gasteiger charge is -1.96. The molecular weight excluding hydrogens is 242 g/mol. The molecule has 0 atom stereocenters. The van der Waals surface area contributed by atoms with Crippen molar-refractivity contribution in [3.05, 3.63) is 35.7 Å². The Balaban J connectivity index is 1.47. The van der Waals surface area contributed by atoms with Crippen molar-refractivity contribution in [2.45, 2.75) is 38.1 Å². The van der Waals surface area contributed by atoms with Crippen LogP contribution < -0.4 is 0 Å². The van der Waals surface area contributed by atoms with Gasteiger partial charge in [-0.3, -0.25) is 4.79 Å². The van der Waals surface area contributed by atoms with E-state index in [-0.39, 0.29) is 11.7 Å². The van der Waals surface area contributed by atoms with Crippen LogP contribution in [-0.4, -0.2) is 20.5 Å². The van der Waals surface area contributed by atoms with Crippen molar-refractivity contribution in [3.8, 4) is 0 Å². The monoisotopic (exact) mass is 257 g/mol. The van der Waals surface area contributed by atoms with Crippen LogP contribution in [0.15, 0.2) is 23.0 Å². The maximum Gasteiger partial charge on any atom is 0.246 e. The standard InChI is InChI=1S/C14H15N3O2/c18-13(9-1-2-9)11-5-6-17(7-11)8-12-15-14(16-19-12)10-3-4-10/h5-7,9-10H,1-4,8H2. The molecule has 5 heteroatoms. The van der Waals surface area contributed by atoms with Crippen molar-refractivity contribution in [3.63, 3.8) is 0 Å². The molecule has 0 saturated heterocycles. The maximum atomic E-state index is 11.9. The normalized spacial score (nSPS) is 18.7. The van der Waals surface area contributed by atoms with Gasteiger partial charge in [0.15, 0.2) is 11.6 Å². The predicted molar refractivity (Wildman–Crippen MR) is 66.9 cm³/mol. The molecule has 2 aromatic heterocycles. The number of rotatable bonds is 5. The van der Waals surface area contributed by atoms with Crippen LogP contribution in [0.2, 0.25) is 0 Å². The van der Waals surface area contributed by atoms with Crippen molar-refractivity contribution in [2.24, 2.45) is 5.92 Å². The molecule has 2 aliphatic carbocycles. The Bertz CT molecular complexity index is 620. The van der Waals surface area contributed by atoms with E-state index in [0.717, 1.165) is 24.2 Å². The molecule has 4 rings (SSSR count). The Morgan fingerprint density at radius 3 is 2.95 bits per heavy atom. The average molecular weight is 257 g/mol. The second kappa shape index (κ2) is 4.05. The maximum absolute atomic E-state index is 11.9. The van der Waals surface area contributed by atoms with Crippen LogP contribution in [-0.2, 0) is 6.54 Å². The zero-order valence-electron chi connectivity index (χ0n) is 10.6. The molecule has 2 aliphatic rings. The molecule has 0 unspecified atom stereocenters. The summed E-state index contributed by atoms with van der Waals surface area (Å²) >= 11 is 0. The number of aromatic nitrogens is 3. The summed E-state index contributed by atoms with van der Waals surface area (Å²) in [6, 6.07) is 1.87. The molecule has 0 N–H and O–H groups in total. The molecule has 2 heterocycles. The fourth-order valence-electron chi connectivity index (χ4n) is 2.26. The van der Waals surface area contributed by atoms with E-state index in [4.69, 9.17) is 4.52 Å². The fraction of sp³-hybridized carbons (Fsp3) is 0.500. The first-order valence-corrected chi connectivity index (χ1v) is 6.82. The molecule has 0 aliphatic heterocycles. The zero-order chi connectivity index (χ0) is 12.8. The summed E-state index contributed by atoms with van der Waals surface area (Å²) in [7, 11) is 0. The number of nitrogens with zero attached hydrogens (tertiary/aromatic N) is 3. The second-order valence-corrected chi connectivity index (χ2v) is 5.53. The Morgan fingerprint density at radius 2 is 2.21 bits per heavy atom. The first-order valence-electron chi connectivity index (χ1n) is 6.82. The van der Waals surface area contributed by atoms with Crippen LogP contribution in [0.1, 0.15) is 53.7 Å². The highest BCUT2D eigenvalue weighted by Crippen LogP contribution is 2.38. The first kappa shape index (κ1) is 11.0. The summed E-state index contributed by atoms with van der Waals surface area (Å²) in [5.74, 6) is 2.48. The fourth-order valence-corrected chi connectivity index (χ4v) is 2.26. The minimum absolute atomic E-state index is 0.265. The molecule has 0 radical (unpaired) electrons. The summed E-state index contributed by atoms with van der Waals surface area (Å²) in [5.41, 5.74) is 0.796. The molecule has 0 amide bonds. The lowest BCUT2D eigenvalue weighted by atomic mass is 10.1. The van der Waals surface area contributed by atoms with Gasteiger partial charge in [0.25, 0.3) is 0 Å². The van der Waals surface area contributed by atoms with Crippen molar-refractivity contribution >= 4 is 5.78 Å².